The monoisotopic (exact) mass is 392 g/mol. The van der Waals surface area contributed by atoms with Gasteiger partial charge in [0.25, 0.3) is 0 Å². The molecule has 0 spiro atoms. The molecule has 29 heavy (non-hydrogen) atoms. The van der Waals surface area contributed by atoms with E-state index in [2.05, 4.69) is 25.2 Å². The van der Waals surface area contributed by atoms with E-state index in [1.807, 2.05) is 48.5 Å². The molecule has 1 heterocycles. The van der Waals surface area contributed by atoms with Crippen LogP contribution in [0.5, 0.6) is 5.75 Å². The molecule has 0 aromatic heterocycles. The van der Waals surface area contributed by atoms with Crippen molar-refractivity contribution in [3.05, 3.63) is 60.2 Å². The number of benzene rings is 2. The van der Waals surface area contributed by atoms with Crippen LogP contribution in [0.1, 0.15) is 38.2 Å². The van der Waals surface area contributed by atoms with Crippen molar-refractivity contribution < 1.29 is 14.3 Å². The Kier molecular flexibility index (Phi) is 5.31. The maximum absolute atomic E-state index is 13.5. The molecular weight excluding hydrogens is 364 g/mol. The number of carbonyl (C=O) groups excluding carboxylic acids is 2. The van der Waals surface area contributed by atoms with Crippen molar-refractivity contribution in [2.24, 2.45) is 11.3 Å². The molecular formula is C24H28N2O3. The Morgan fingerprint density at radius 3 is 2.66 bits per heavy atom. The Balaban J connectivity index is 1.51. The van der Waals surface area contributed by atoms with Gasteiger partial charge < -0.3 is 15.0 Å². The maximum atomic E-state index is 13.5. The molecule has 1 saturated carbocycles. The second-order valence-electron chi connectivity index (χ2n) is 8.50. The van der Waals surface area contributed by atoms with Crippen molar-refractivity contribution in [1.29, 1.82) is 0 Å². The van der Waals surface area contributed by atoms with E-state index in [4.69, 9.17) is 4.74 Å². The molecule has 2 aromatic carbocycles. The fraction of sp³-hybridized carbons (Fsp3) is 0.417. The minimum atomic E-state index is -0.567. The Labute approximate surface area is 172 Å². The van der Waals surface area contributed by atoms with Gasteiger partial charge in [0.2, 0.25) is 11.8 Å². The molecule has 0 unspecified atom stereocenters. The lowest BCUT2D eigenvalue weighted by Crippen LogP contribution is -2.48. The number of hydrogen-bond acceptors (Lipinski definition) is 3. The number of fused-ring (bicyclic) bond motifs is 3. The van der Waals surface area contributed by atoms with E-state index in [1.165, 1.54) is 0 Å². The Morgan fingerprint density at radius 2 is 1.90 bits per heavy atom. The number of nitrogens with one attached hydrogen (secondary N) is 1. The number of ether oxygens (including phenoxy) is 1. The van der Waals surface area contributed by atoms with Crippen LogP contribution in [0.25, 0.3) is 0 Å². The molecule has 4 rings (SSSR count). The molecule has 2 atom stereocenters. The number of anilines is 1. The summed E-state index contributed by atoms with van der Waals surface area (Å²) in [6.45, 7) is 5.26. The van der Waals surface area contributed by atoms with Crippen molar-refractivity contribution in [2.45, 2.75) is 32.6 Å². The second kappa shape index (κ2) is 7.90. The number of amides is 2. The van der Waals surface area contributed by atoms with E-state index in [9.17, 15) is 9.59 Å². The zero-order valence-electron chi connectivity index (χ0n) is 17.1. The minimum Gasteiger partial charge on any atom is -0.492 e. The number of hydrogen-bond donors (Lipinski definition) is 1. The van der Waals surface area contributed by atoms with Gasteiger partial charge in [0, 0.05) is 18.2 Å². The molecule has 0 saturated heterocycles. The molecule has 152 valence electrons. The first-order valence-electron chi connectivity index (χ1n) is 10.4. The molecule has 2 amide bonds. The summed E-state index contributed by atoms with van der Waals surface area (Å²) in [6, 6.07) is 17.5. The van der Waals surface area contributed by atoms with E-state index in [0.29, 0.717) is 19.1 Å². The summed E-state index contributed by atoms with van der Waals surface area (Å²) in [7, 11) is 0. The molecule has 2 aliphatic rings. The highest BCUT2D eigenvalue weighted by Crippen LogP contribution is 2.65. The van der Waals surface area contributed by atoms with Crippen molar-refractivity contribution in [3.63, 3.8) is 0 Å². The third kappa shape index (κ3) is 3.86. The quantitative estimate of drug-likeness (QED) is 0.744. The van der Waals surface area contributed by atoms with Gasteiger partial charge in [0.1, 0.15) is 18.9 Å². The first kappa shape index (κ1) is 19.5. The van der Waals surface area contributed by atoms with Crippen LogP contribution < -0.4 is 15.0 Å². The lowest BCUT2D eigenvalue weighted by Gasteiger charge is -2.33. The van der Waals surface area contributed by atoms with Crippen molar-refractivity contribution in [2.75, 3.05) is 24.6 Å². The van der Waals surface area contributed by atoms with Crippen molar-refractivity contribution >= 4 is 17.5 Å². The summed E-state index contributed by atoms with van der Waals surface area (Å²) in [5.74, 6) is 1.33. The molecule has 5 heteroatoms. The smallest absolute Gasteiger partial charge is 0.240 e. The van der Waals surface area contributed by atoms with Gasteiger partial charge in [-0.1, -0.05) is 50.2 Å². The van der Waals surface area contributed by atoms with Crippen LogP contribution in [0.4, 0.5) is 5.69 Å². The molecule has 1 aliphatic heterocycles. The van der Waals surface area contributed by atoms with Crippen molar-refractivity contribution in [1.82, 2.24) is 5.32 Å². The number of para-hydroxylation sites is 2. The Hall–Kier alpha value is -2.82. The molecule has 1 aliphatic carbocycles. The highest BCUT2D eigenvalue weighted by molar-refractivity contribution is 6.07. The van der Waals surface area contributed by atoms with E-state index >= 15 is 0 Å². The highest BCUT2D eigenvalue weighted by atomic mass is 16.5. The summed E-state index contributed by atoms with van der Waals surface area (Å²) >= 11 is 0. The van der Waals surface area contributed by atoms with E-state index < -0.39 is 5.41 Å². The molecule has 1 N–H and O–H groups in total. The van der Waals surface area contributed by atoms with Crippen LogP contribution in [0.15, 0.2) is 54.6 Å². The molecule has 2 aromatic rings. The van der Waals surface area contributed by atoms with Crippen LogP contribution >= 0.6 is 0 Å². The summed E-state index contributed by atoms with van der Waals surface area (Å²) in [5, 5.41) is 2.95. The van der Waals surface area contributed by atoms with Gasteiger partial charge in [-0.05, 0) is 42.5 Å². The lowest BCUT2D eigenvalue weighted by atomic mass is 9.92. The number of nitrogens with zero attached hydrogens (tertiary/aromatic N) is 1. The van der Waals surface area contributed by atoms with Crippen LogP contribution in [-0.2, 0) is 9.59 Å². The predicted octanol–water partition coefficient (Wildman–Crippen LogP) is 3.75. The first-order valence-corrected chi connectivity index (χ1v) is 10.4. The van der Waals surface area contributed by atoms with Gasteiger partial charge in [-0.25, -0.2) is 0 Å². The van der Waals surface area contributed by atoms with Gasteiger partial charge >= 0.3 is 0 Å². The fourth-order valence-corrected chi connectivity index (χ4v) is 4.16. The topological polar surface area (TPSA) is 58.6 Å². The van der Waals surface area contributed by atoms with Gasteiger partial charge in [0.05, 0.1) is 5.41 Å². The standard InChI is InChI=1S/C24H28N2O3/c1-17(2)12-13-25-22(27)15-26-21-11-7-6-10-19(21)20-14-24(20,23(26)28)16-29-18-8-4-3-5-9-18/h3-11,17,20H,12-16H2,1-2H3,(H,25,27)/t20-,24+/m0/s1. The SMILES string of the molecule is CC(C)CCNC(=O)CN1C(=O)[C@@]2(COc3ccccc3)C[C@H]2c2ccccc21. The van der Waals surface area contributed by atoms with Crippen molar-refractivity contribution in [3.8, 4) is 5.75 Å². The molecule has 5 nitrogen and oxygen atoms in total. The summed E-state index contributed by atoms with van der Waals surface area (Å²) < 4.78 is 5.97. The van der Waals surface area contributed by atoms with E-state index in [-0.39, 0.29) is 24.3 Å². The summed E-state index contributed by atoms with van der Waals surface area (Å²) in [6.07, 6.45) is 1.69. The predicted molar refractivity (Wildman–Crippen MR) is 113 cm³/mol. The Bertz CT molecular complexity index is 896. The van der Waals surface area contributed by atoms with Crippen LogP contribution in [0.2, 0.25) is 0 Å². The lowest BCUT2D eigenvalue weighted by molar-refractivity contribution is -0.128. The molecule has 0 bridgehead atoms. The van der Waals surface area contributed by atoms with Gasteiger partial charge in [-0.3, -0.25) is 9.59 Å². The van der Waals surface area contributed by atoms with Gasteiger partial charge in [-0.2, -0.15) is 0 Å². The average Bonchev–Trinajstić information content (AvgIpc) is 3.47. The second-order valence-corrected chi connectivity index (χ2v) is 8.50. The van der Waals surface area contributed by atoms with Crippen LogP contribution in [-0.4, -0.2) is 31.5 Å². The zero-order chi connectivity index (χ0) is 20.4. The van der Waals surface area contributed by atoms with Crippen LogP contribution in [0.3, 0.4) is 0 Å². The maximum Gasteiger partial charge on any atom is 0.240 e. The number of carbonyl (C=O) groups is 2. The third-order valence-corrected chi connectivity index (χ3v) is 5.93. The van der Waals surface area contributed by atoms with E-state index in [1.54, 1.807) is 4.90 Å². The van der Waals surface area contributed by atoms with Crippen LogP contribution in [0, 0.1) is 11.3 Å². The highest BCUT2D eigenvalue weighted by Gasteiger charge is 2.66. The fourth-order valence-electron chi connectivity index (χ4n) is 4.16. The molecule has 0 radical (unpaired) electrons. The Morgan fingerprint density at radius 1 is 1.17 bits per heavy atom. The zero-order valence-corrected chi connectivity index (χ0v) is 17.1. The van der Waals surface area contributed by atoms with Gasteiger partial charge in [-0.15, -0.1) is 0 Å². The summed E-state index contributed by atoms with van der Waals surface area (Å²) in [5.41, 5.74) is 1.43. The minimum absolute atomic E-state index is 0.00357. The third-order valence-electron chi connectivity index (χ3n) is 5.93. The normalized spacial score (nSPS) is 22.1. The average molecular weight is 392 g/mol. The van der Waals surface area contributed by atoms with Gasteiger partial charge in [0.15, 0.2) is 0 Å². The first-order chi connectivity index (χ1) is 14.0. The summed E-state index contributed by atoms with van der Waals surface area (Å²) in [4.78, 5) is 27.6. The van der Waals surface area contributed by atoms with E-state index in [0.717, 1.165) is 29.8 Å². The largest absolute Gasteiger partial charge is 0.492 e. The molecule has 1 fully saturated rings. The number of rotatable bonds is 8.